The van der Waals surface area contributed by atoms with Gasteiger partial charge in [-0.15, -0.1) is 17.9 Å². The minimum Gasteiger partial charge on any atom is -0.298 e. The molecule has 3 rings (SSSR count). The third-order valence-corrected chi connectivity index (χ3v) is 6.08. The number of aryl methyl sites for hydroxylation is 1. The van der Waals surface area contributed by atoms with E-state index >= 15 is 0 Å². The minimum absolute atomic E-state index is 0.0153. The Hall–Kier alpha value is -2.81. The Morgan fingerprint density at radius 2 is 1.96 bits per heavy atom. The summed E-state index contributed by atoms with van der Waals surface area (Å²) >= 11 is 1.31. The van der Waals surface area contributed by atoms with Gasteiger partial charge >= 0.3 is 0 Å². The monoisotopic (exact) mass is 413 g/mol. The SMILES string of the molecule is C=CCNS(=O)(=O)c1cccc(C(=O)Nc2nc(-c3ccc(C)cc3)cs2)c1. The number of hydrogen-bond donors (Lipinski definition) is 2. The van der Waals surface area contributed by atoms with E-state index < -0.39 is 15.9 Å². The molecule has 0 aliphatic rings. The summed E-state index contributed by atoms with van der Waals surface area (Å²) in [6.45, 7) is 5.60. The number of amides is 1. The molecule has 2 N–H and O–H groups in total. The van der Waals surface area contributed by atoms with Crippen LogP contribution < -0.4 is 10.0 Å². The first-order valence-electron chi connectivity index (χ1n) is 8.43. The van der Waals surface area contributed by atoms with Crippen LogP contribution in [-0.4, -0.2) is 25.9 Å². The van der Waals surface area contributed by atoms with Gasteiger partial charge in [-0.1, -0.05) is 42.0 Å². The van der Waals surface area contributed by atoms with E-state index in [9.17, 15) is 13.2 Å². The molecule has 0 radical (unpaired) electrons. The molecule has 0 unspecified atom stereocenters. The van der Waals surface area contributed by atoms with Gasteiger partial charge in [-0.2, -0.15) is 0 Å². The highest BCUT2D eigenvalue weighted by molar-refractivity contribution is 7.89. The van der Waals surface area contributed by atoms with E-state index in [2.05, 4.69) is 21.6 Å². The number of nitrogens with zero attached hydrogens (tertiary/aromatic N) is 1. The highest BCUT2D eigenvalue weighted by Crippen LogP contribution is 2.25. The van der Waals surface area contributed by atoms with E-state index in [4.69, 9.17) is 0 Å². The third-order valence-electron chi connectivity index (χ3n) is 3.90. The van der Waals surface area contributed by atoms with Crippen LogP contribution in [0.25, 0.3) is 11.3 Å². The standard InChI is InChI=1S/C20H19N3O3S2/c1-3-11-21-28(25,26)17-6-4-5-16(12-17)19(24)23-20-22-18(13-27-20)15-9-7-14(2)8-10-15/h3-10,12-13,21H,1,11H2,2H3,(H,22,23,24). The molecule has 0 bridgehead atoms. The first-order chi connectivity index (χ1) is 13.4. The van der Waals surface area contributed by atoms with Crippen LogP contribution in [0.2, 0.25) is 0 Å². The van der Waals surface area contributed by atoms with Crippen molar-refractivity contribution in [2.45, 2.75) is 11.8 Å². The topological polar surface area (TPSA) is 88.2 Å². The molecule has 2 aromatic carbocycles. The van der Waals surface area contributed by atoms with E-state index in [0.717, 1.165) is 16.8 Å². The number of rotatable bonds is 7. The number of carbonyl (C=O) groups is 1. The van der Waals surface area contributed by atoms with Crippen LogP contribution in [0.15, 0.2) is 71.5 Å². The van der Waals surface area contributed by atoms with Crippen molar-refractivity contribution in [1.82, 2.24) is 9.71 Å². The van der Waals surface area contributed by atoms with Crippen LogP contribution in [0.5, 0.6) is 0 Å². The lowest BCUT2D eigenvalue weighted by Gasteiger charge is -2.07. The smallest absolute Gasteiger partial charge is 0.257 e. The third kappa shape index (κ3) is 4.72. The number of sulfonamides is 1. The summed E-state index contributed by atoms with van der Waals surface area (Å²) in [4.78, 5) is 17.0. The quantitative estimate of drug-likeness (QED) is 0.576. The van der Waals surface area contributed by atoms with Gasteiger partial charge in [-0.3, -0.25) is 10.1 Å². The average molecular weight is 414 g/mol. The molecule has 8 heteroatoms. The number of anilines is 1. The van der Waals surface area contributed by atoms with Crippen molar-refractivity contribution >= 4 is 32.4 Å². The average Bonchev–Trinajstić information content (AvgIpc) is 3.15. The van der Waals surface area contributed by atoms with E-state index in [1.165, 1.54) is 35.6 Å². The molecule has 1 aromatic heterocycles. The van der Waals surface area contributed by atoms with E-state index in [0.29, 0.717) is 5.13 Å². The molecule has 0 atom stereocenters. The second-order valence-corrected chi connectivity index (χ2v) is 8.65. The lowest BCUT2D eigenvalue weighted by molar-refractivity contribution is 0.102. The zero-order chi connectivity index (χ0) is 20.1. The molecule has 0 spiro atoms. The summed E-state index contributed by atoms with van der Waals surface area (Å²) in [6, 6.07) is 13.8. The Labute approximate surface area is 168 Å². The highest BCUT2D eigenvalue weighted by atomic mass is 32.2. The predicted octanol–water partition coefficient (Wildman–Crippen LogP) is 3.84. The van der Waals surface area contributed by atoms with Crippen LogP contribution in [0.3, 0.4) is 0 Å². The van der Waals surface area contributed by atoms with Gasteiger partial charge in [0.15, 0.2) is 5.13 Å². The molecule has 3 aromatic rings. The Morgan fingerprint density at radius 1 is 1.21 bits per heavy atom. The maximum atomic E-state index is 12.5. The summed E-state index contributed by atoms with van der Waals surface area (Å²) < 4.78 is 26.8. The second kappa shape index (κ2) is 8.47. The van der Waals surface area contributed by atoms with Crippen molar-refractivity contribution < 1.29 is 13.2 Å². The van der Waals surface area contributed by atoms with Crippen LogP contribution in [0.1, 0.15) is 15.9 Å². The number of aromatic nitrogens is 1. The fraction of sp³-hybridized carbons (Fsp3) is 0.100. The summed E-state index contributed by atoms with van der Waals surface area (Å²) in [5.41, 5.74) is 3.12. The van der Waals surface area contributed by atoms with Crippen molar-refractivity contribution in [2.24, 2.45) is 0 Å². The van der Waals surface area contributed by atoms with Crippen molar-refractivity contribution in [3.8, 4) is 11.3 Å². The summed E-state index contributed by atoms with van der Waals surface area (Å²) in [5, 5.41) is 5.02. The van der Waals surface area contributed by atoms with Crippen LogP contribution in [-0.2, 0) is 10.0 Å². The van der Waals surface area contributed by atoms with Gasteiger partial charge in [0.25, 0.3) is 5.91 Å². The van der Waals surface area contributed by atoms with Crippen molar-refractivity contribution in [2.75, 3.05) is 11.9 Å². The second-order valence-electron chi connectivity index (χ2n) is 6.03. The summed E-state index contributed by atoms with van der Waals surface area (Å²) in [5.74, 6) is -0.425. The molecule has 1 amide bonds. The molecular formula is C20H19N3O3S2. The first kappa shape index (κ1) is 19.9. The number of carbonyl (C=O) groups excluding carboxylic acids is 1. The van der Waals surface area contributed by atoms with Gasteiger partial charge in [0.1, 0.15) is 0 Å². The Morgan fingerprint density at radius 3 is 2.68 bits per heavy atom. The van der Waals surface area contributed by atoms with Crippen molar-refractivity contribution in [3.05, 3.63) is 77.7 Å². The van der Waals surface area contributed by atoms with E-state index in [1.807, 2.05) is 36.6 Å². The summed E-state index contributed by atoms with van der Waals surface area (Å²) in [6.07, 6.45) is 1.45. The first-order valence-corrected chi connectivity index (χ1v) is 10.8. The maximum absolute atomic E-state index is 12.5. The number of nitrogens with one attached hydrogen (secondary N) is 2. The molecule has 0 aliphatic carbocycles. The molecule has 144 valence electrons. The van der Waals surface area contributed by atoms with Gasteiger partial charge in [-0.25, -0.2) is 18.1 Å². The fourth-order valence-electron chi connectivity index (χ4n) is 2.41. The maximum Gasteiger partial charge on any atom is 0.257 e. The molecule has 0 aliphatic heterocycles. The van der Waals surface area contributed by atoms with Crippen molar-refractivity contribution in [3.63, 3.8) is 0 Å². The van der Waals surface area contributed by atoms with Crippen LogP contribution in [0, 0.1) is 6.92 Å². The van der Waals surface area contributed by atoms with Gasteiger partial charge < -0.3 is 0 Å². The Balaban J connectivity index is 1.76. The fourth-order valence-corrected chi connectivity index (χ4v) is 4.17. The molecule has 0 saturated heterocycles. The normalized spacial score (nSPS) is 11.2. The number of benzene rings is 2. The van der Waals surface area contributed by atoms with Gasteiger partial charge in [-0.05, 0) is 25.1 Å². The van der Waals surface area contributed by atoms with Gasteiger partial charge in [0.2, 0.25) is 10.0 Å². The van der Waals surface area contributed by atoms with Crippen molar-refractivity contribution in [1.29, 1.82) is 0 Å². The Kier molecular flexibility index (Phi) is 6.03. The Bertz CT molecular complexity index is 1100. The molecule has 0 saturated carbocycles. The lowest BCUT2D eigenvalue weighted by Crippen LogP contribution is -2.24. The zero-order valence-corrected chi connectivity index (χ0v) is 16.8. The van der Waals surface area contributed by atoms with Gasteiger partial charge in [0.05, 0.1) is 10.6 Å². The molecule has 0 fully saturated rings. The minimum atomic E-state index is -3.70. The van der Waals surface area contributed by atoms with Crippen LogP contribution in [0.4, 0.5) is 5.13 Å². The van der Waals surface area contributed by atoms with E-state index in [-0.39, 0.29) is 17.0 Å². The molecule has 28 heavy (non-hydrogen) atoms. The molecular weight excluding hydrogens is 394 g/mol. The largest absolute Gasteiger partial charge is 0.298 e. The predicted molar refractivity (Wildman–Crippen MR) is 112 cm³/mol. The number of thiazole rings is 1. The lowest BCUT2D eigenvalue weighted by atomic mass is 10.1. The zero-order valence-electron chi connectivity index (χ0n) is 15.2. The molecule has 6 nitrogen and oxygen atoms in total. The van der Waals surface area contributed by atoms with Gasteiger partial charge in [0, 0.05) is 23.1 Å². The molecule has 1 heterocycles. The number of hydrogen-bond acceptors (Lipinski definition) is 5. The highest BCUT2D eigenvalue weighted by Gasteiger charge is 2.16. The van der Waals surface area contributed by atoms with E-state index in [1.54, 1.807) is 6.07 Å². The van der Waals surface area contributed by atoms with Crippen LogP contribution >= 0.6 is 11.3 Å². The summed E-state index contributed by atoms with van der Waals surface area (Å²) in [7, 11) is -3.70.